The van der Waals surface area contributed by atoms with Gasteiger partial charge in [-0.1, -0.05) is 30.9 Å². The Bertz CT molecular complexity index is 818. The van der Waals surface area contributed by atoms with Crippen molar-refractivity contribution in [2.75, 3.05) is 18.5 Å². The number of ether oxygens (including phenoxy) is 2. The van der Waals surface area contributed by atoms with Crippen molar-refractivity contribution in [1.82, 2.24) is 0 Å². The monoisotopic (exact) mass is 365 g/mol. The van der Waals surface area contributed by atoms with E-state index in [4.69, 9.17) is 9.47 Å². The van der Waals surface area contributed by atoms with Crippen molar-refractivity contribution in [3.63, 3.8) is 0 Å². The average Bonchev–Trinajstić information content (AvgIpc) is 2.63. The van der Waals surface area contributed by atoms with Crippen LogP contribution in [0.5, 0.6) is 5.75 Å². The summed E-state index contributed by atoms with van der Waals surface area (Å²) in [6.45, 7) is 7.58. The molecule has 2 rings (SSSR count). The van der Waals surface area contributed by atoms with Crippen LogP contribution in [0.15, 0.2) is 61.2 Å². The zero-order valence-electron chi connectivity index (χ0n) is 15.5. The molecule has 2 aromatic rings. The van der Waals surface area contributed by atoms with Crippen LogP contribution in [0, 0.1) is 13.8 Å². The molecule has 5 nitrogen and oxygen atoms in total. The van der Waals surface area contributed by atoms with E-state index in [0.29, 0.717) is 12.3 Å². The largest absolute Gasteiger partial charge is 0.490 e. The molecule has 0 aliphatic rings. The number of nitrogens with one attached hydrogen (secondary N) is 1. The summed E-state index contributed by atoms with van der Waals surface area (Å²) in [5.74, 6) is -0.249. The molecular formula is C22H23NO4. The van der Waals surface area contributed by atoms with E-state index in [2.05, 4.69) is 11.9 Å². The number of anilines is 1. The number of aryl methyl sites for hydroxylation is 2. The van der Waals surface area contributed by atoms with Crippen LogP contribution in [-0.4, -0.2) is 25.1 Å². The Hall–Kier alpha value is -3.34. The first kappa shape index (κ1) is 20.0. The fourth-order valence-corrected chi connectivity index (χ4v) is 2.42. The summed E-state index contributed by atoms with van der Waals surface area (Å²) in [5.41, 5.74) is 3.60. The van der Waals surface area contributed by atoms with Crippen molar-refractivity contribution in [2.24, 2.45) is 0 Å². The number of carbonyl (C=O) groups excluding carboxylic acids is 2. The predicted octanol–water partition coefficient (Wildman–Crippen LogP) is 4.06. The van der Waals surface area contributed by atoms with E-state index in [0.717, 1.165) is 22.4 Å². The second-order valence-corrected chi connectivity index (χ2v) is 6.03. The zero-order valence-corrected chi connectivity index (χ0v) is 15.5. The minimum Gasteiger partial charge on any atom is -0.490 e. The van der Waals surface area contributed by atoms with Crippen LogP contribution in [0.25, 0.3) is 6.08 Å². The van der Waals surface area contributed by atoms with E-state index in [1.165, 1.54) is 6.08 Å². The third-order valence-electron chi connectivity index (χ3n) is 3.51. The Morgan fingerprint density at radius 2 is 1.74 bits per heavy atom. The van der Waals surface area contributed by atoms with E-state index < -0.39 is 5.97 Å². The Morgan fingerprint density at radius 3 is 2.37 bits per heavy atom. The van der Waals surface area contributed by atoms with E-state index in [9.17, 15) is 9.59 Å². The lowest BCUT2D eigenvalue weighted by Crippen LogP contribution is -2.20. The molecule has 0 aromatic heterocycles. The minimum atomic E-state index is -0.586. The standard InChI is InChI=1S/C22H23NO4/c1-4-11-26-20-8-5-18(6-9-20)7-10-22(25)27-15-21(24)23-19-13-16(2)12-17(3)14-19/h4-10,12-14H,1,11,15H2,2-3H3,(H,23,24)/b10-7+. The second-order valence-electron chi connectivity index (χ2n) is 6.03. The van der Waals surface area contributed by atoms with Gasteiger partial charge in [0.1, 0.15) is 12.4 Å². The molecule has 0 radical (unpaired) electrons. The Kier molecular flexibility index (Phi) is 7.37. The van der Waals surface area contributed by atoms with Crippen molar-refractivity contribution >= 4 is 23.6 Å². The lowest BCUT2D eigenvalue weighted by molar-refractivity contribution is -0.142. The van der Waals surface area contributed by atoms with Gasteiger partial charge in [-0.15, -0.1) is 0 Å². The molecule has 0 unspecified atom stereocenters. The van der Waals surface area contributed by atoms with Crippen molar-refractivity contribution < 1.29 is 19.1 Å². The first-order valence-corrected chi connectivity index (χ1v) is 8.53. The number of rotatable bonds is 8. The molecule has 0 aliphatic heterocycles. The third kappa shape index (κ3) is 7.20. The molecule has 27 heavy (non-hydrogen) atoms. The molecule has 0 bridgehead atoms. The van der Waals surface area contributed by atoms with Crippen LogP contribution in [-0.2, 0) is 14.3 Å². The molecule has 0 saturated carbocycles. The molecule has 0 saturated heterocycles. The van der Waals surface area contributed by atoms with Crippen LogP contribution in [0.4, 0.5) is 5.69 Å². The van der Waals surface area contributed by atoms with Gasteiger partial charge in [-0.3, -0.25) is 4.79 Å². The van der Waals surface area contributed by atoms with Gasteiger partial charge in [-0.05, 0) is 60.9 Å². The van der Waals surface area contributed by atoms with E-state index >= 15 is 0 Å². The first-order valence-electron chi connectivity index (χ1n) is 8.53. The van der Waals surface area contributed by atoms with Crippen molar-refractivity contribution in [3.8, 4) is 5.75 Å². The maximum absolute atomic E-state index is 11.9. The van der Waals surface area contributed by atoms with Crippen LogP contribution in [0.1, 0.15) is 16.7 Å². The summed E-state index contributed by atoms with van der Waals surface area (Å²) in [6.07, 6.45) is 4.56. The van der Waals surface area contributed by atoms with Gasteiger partial charge in [0.05, 0.1) is 0 Å². The Labute approximate surface area is 159 Å². The Balaban J connectivity index is 1.80. The Morgan fingerprint density at radius 1 is 1.07 bits per heavy atom. The molecule has 2 aromatic carbocycles. The van der Waals surface area contributed by atoms with Gasteiger partial charge in [0.25, 0.3) is 5.91 Å². The molecule has 140 valence electrons. The van der Waals surface area contributed by atoms with E-state index in [-0.39, 0.29) is 12.5 Å². The van der Waals surface area contributed by atoms with Gasteiger partial charge in [-0.25, -0.2) is 4.79 Å². The summed E-state index contributed by atoms with van der Waals surface area (Å²) < 4.78 is 10.3. The molecule has 5 heteroatoms. The zero-order chi connectivity index (χ0) is 19.6. The molecule has 0 spiro atoms. The number of hydrogen-bond donors (Lipinski definition) is 1. The first-order chi connectivity index (χ1) is 13.0. The van der Waals surface area contributed by atoms with Crippen LogP contribution in [0.3, 0.4) is 0 Å². The molecule has 0 heterocycles. The number of esters is 1. The van der Waals surface area contributed by atoms with E-state index in [1.54, 1.807) is 24.3 Å². The maximum Gasteiger partial charge on any atom is 0.331 e. The van der Waals surface area contributed by atoms with Crippen LogP contribution in [0.2, 0.25) is 0 Å². The molecule has 1 amide bonds. The molecule has 0 fully saturated rings. The van der Waals surface area contributed by atoms with Gasteiger partial charge in [0, 0.05) is 11.8 Å². The normalized spacial score (nSPS) is 10.4. The summed E-state index contributed by atoms with van der Waals surface area (Å²) in [6, 6.07) is 12.9. The molecule has 0 atom stereocenters. The van der Waals surface area contributed by atoms with Gasteiger partial charge in [-0.2, -0.15) is 0 Å². The molecular weight excluding hydrogens is 342 g/mol. The summed E-state index contributed by atoms with van der Waals surface area (Å²) >= 11 is 0. The number of amides is 1. The van der Waals surface area contributed by atoms with Gasteiger partial charge >= 0.3 is 5.97 Å². The van der Waals surface area contributed by atoms with Crippen molar-refractivity contribution in [2.45, 2.75) is 13.8 Å². The topological polar surface area (TPSA) is 64.6 Å². The number of hydrogen-bond acceptors (Lipinski definition) is 4. The summed E-state index contributed by atoms with van der Waals surface area (Å²) in [5, 5.41) is 2.71. The fourth-order valence-electron chi connectivity index (χ4n) is 2.42. The summed E-state index contributed by atoms with van der Waals surface area (Å²) in [4.78, 5) is 23.7. The lowest BCUT2D eigenvalue weighted by atomic mass is 10.1. The van der Waals surface area contributed by atoms with Crippen molar-refractivity contribution in [1.29, 1.82) is 0 Å². The van der Waals surface area contributed by atoms with Gasteiger partial charge in [0.2, 0.25) is 0 Å². The number of benzene rings is 2. The van der Waals surface area contributed by atoms with Gasteiger partial charge in [0.15, 0.2) is 6.61 Å². The predicted molar refractivity (Wildman–Crippen MR) is 107 cm³/mol. The average molecular weight is 365 g/mol. The highest BCUT2D eigenvalue weighted by molar-refractivity contribution is 5.94. The lowest BCUT2D eigenvalue weighted by Gasteiger charge is -2.07. The van der Waals surface area contributed by atoms with E-state index in [1.807, 2.05) is 44.2 Å². The molecule has 1 N–H and O–H groups in total. The third-order valence-corrected chi connectivity index (χ3v) is 3.51. The van der Waals surface area contributed by atoms with Gasteiger partial charge < -0.3 is 14.8 Å². The minimum absolute atomic E-state index is 0.343. The van der Waals surface area contributed by atoms with Crippen LogP contribution >= 0.6 is 0 Å². The maximum atomic E-state index is 11.9. The summed E-state index contributed by atoms with van der Waals surface area (Å²) in [7, 11) is 0. The quantitative estimate of drug-likeness (QED) is 0.435. The van der Waals surface area contributed by atoms with Crippen molar-refractivity contribution in [3.05, 3.63) is 77.9 Å². The second kappa shape index (κ2) is 9.97. The highest BCUT2D eigenvalue weighted by Gasteiger charge is 2.06. The fraction of sp³-hybridized carbons (Fsp3) is 0.182. The van der Waals surface area contributed by atoms with Crippen LogP contribution < -0.4 is 10.1 Å². The smallest absolute Gasteiger partial charge is 0.331 e. The SMILES string of the molecule is C=CCOc1ccc(/C=C/C(=O)OCC(=O)Nc2cc(C)cc(C)c2)cc1. The molecule has 0 aliphatic carbocycles. The number of carbonyl (C=O) groups is 2. The highest BCUT2D eigenvalue weighted by Crippen LogP contribution is 2.14. The highest BCUT2D eigenvalue weighted by atomic mass is 16.5.